The lowest BCUT2D eigenvalue weighted by Gasteiger charge is -1.98. The summed E-state index contributed by atoms with van der Waals surface area (Å²) in [6, 6.07) is 1.80. The van der Waals surface area contributed by atoms with Crippen molar-refractivity contribution in [1.29, 1.82) is 0 Å². The van der Waals surface area contributed by atoms with Crippen LogP contribution in [-0.4, -0.2) is 21.1 Å². The third kappa shape index (κ3) is 1.33. The standard InChI is InChI=1S/C8H11N5/c9-3-1-8-11-5-7-6(10)2-4-13(7)12-8/h2,4-5H,1,3,9-10H2. The second kappa shape index (κ2) is 3.02. The van der Waals surface area contributed by atoms with Gasteiger partial charge < -0.3 is 11.5 Å². The van der Waals surface area contributed by atoms with Crippen molar-refractivity contribution in [3.8, 4) is 0 Å². The Bertz CT molecular complexity index is 419. The lowest BCUT2D eigenvalue weighted by atomic mass is 10.4. The van der Waals surface area contributed by atoms with E-state index >= 15 is 0 Å². The first kappa shape index (κ1) is 8.00. The van der Waals surface area contributed by atoms with Crippen molar-refractivity contribution in [2.75, 3.05) is 12.3 Å². The van der Waals surface area contributed by atoms with E-state index in [-0.39, 0.29) is 0 Å². The molecular weight excluding hydrogens is 166 g/mol. The third-order valence-corrected chi connectivity index (χ3v) is 1.86. The molecule has 2 rings (SSSR count). The number of hydrogen-bond donors (Lipinski definition) is 2. The van der Waals surface area contributed by atoms with E-state index < -0.39 is 0 Å². The van der Waals surface area contributed by atoms with Crippen molar-refractivity contribution >= 4 is 11.2 Å². The molecular formula is C8H11N5. The van der Waals surface area contributed by atoms with E-state index in [1.165, 1.54) is 0 Å². The number of rotatable bonds is 2. The van der Waals surface area contributed by atoms with Crippen LogP contribution in [0.3, 0.4) is 0 Å². The molecule has 5 heteroatoms. The minimum absolute atomic E-state index is 0.558. The van der Waals surface area contributed by atoms with Crippen LogP contribution in [0.25, 0.3) is 5.52 Å². The monoisotopic (exact) mass is 177 g/mol. The molecule has 0 spiro atoms. The van der Waals surface area contributed by atoms with Crippen molar-refractivity contribution in [2.45, 2.75) is 6.42 Å². The normalized spacial score (nSPS) is 10.8. The highest BCUT2D eigenvalue weighted by atomic mass is 15.2. The van der Waals surface area contributed by atoms with Crippen molar-refractivity contribution in [1.82, 2.24) is 14.6 Å². The van der Waals surface area contributed by atoms with Gasteiger partial charge >= 0.3 is 0 Å². The molecule has 0 aliphatic rings. The molecule has 5 nitrogen and oxygen atoms in total. The first-order chi connectivity index (χ1) is 6.31. The minimum atomic E-state index is 0.558. The zero-order valence-electron chi connectivity index (χ0n) is 7.14. The van der Waals surface area contributed by atoms with Gasteiger partial charge in [-0.1, -0.05) is 0 Å². The maximum atomic E-state index is 5.67. The maximum absolute atomic E-state index is 5.67. The SMILES string of the molecule is NCCc1ncc2c(N)ccn2n1. The Morgan fingerprint density at radius 1 is 1.46 bits per heavy atom. The molecule has 2 heterocycles. The number of fused-ring (bicyclic) bond motifs is 1. The van der Waals surface area contributed by atoms with Crippen molar-refractivity contribution in [3.63, 3.8) is 0 Å². The Morgan fingerprint density at radius 2 is 2.31 bits per heavy atom. The lowest BCUT2D eigenvalue weighted by Crippen LogP contribution is -2.08. The first-order valence-corrected chi connectivity index (χ1v) is 4.10. The summed E-state index contributed by atoms with van der Waals surface area (Å²) in [7, 11) is 0. The van der Waals surface area contributed by atoms with Crippen LogP contribution < -0.4 is 11.5 Å². The van der Waals surface area contributed by atoms with Crippen LogP contribution >= 0.6 is 0 Å². The fourth-order valence-corrected chi connectivity index (χ4v) is 1.20. The highest BCUT2D eigenvalue weighted by molar-refractivity contribution is 5.68. The van der Waals surface area contributed by atoms with Gasteiger partial charge in [-0.25, -0.2) is 9.50 Å². The Kier molecular flexibility index (Phi) is 1.86. The molecule has 0 aliphatic heterocycles. The van der Waals surface area contributed by atoms with E-state index in [1.807, 2.05) is 6.20 Å². The summed E-state index contributed by atoms with van der Waals surface area (Å²) in [6.07, 6.45) is 4.22. The molecule has 0 radical (unpaired) electrons. The van der Waals surface area contributed by atoms with Crippen LogP contribution in [0, 0.1) is 0 Å². The van der Waals surface area contributed by atoms with Gasteiger partial charge in [0.1, 0.15) is 11.3 Å². The highest BCUT2D eigenvalue weighted by Gasteiger charge is 2.01. The number of hydrogen-bond acceptors (Lipinski definition) is 4. The number of nitrogen functional groups attached to an aromatic ring is 1. The quantitative estimate of drug-likeness (QED) is 0.666. The van der Waals surface area contributed by atoms with Gasteiger partial charge in [0, 0.05) is 12.6 Å². The van der Waals surface area contributed by atoms with Crippen LogP contribution in [0.5, 0.6) is 0 Å². The molecule has 0 saturated heterocycles. The van der Waals surface area contributed by atoms with Gasteiger partial charge in [-0.15, -0.1) is 0 Å². The lowest BCUT2D eigenvalue weighted by molar-refractivity contribution is 0.784. The topological polar surface area (TPSA) is 82.2 Å². The van der Waals surface area contributed by atoms with Gasteiger partial charge in [0.2, 0.25) is 0 Å². The molecule has 0 amide bonds. The Labute approximate surface area is 75.4 Å². The van der Waals surface area contributed by atoms with Crippen LogP contribution in [0.1, 0.15) is 5.82 Å². The summed E-state index contributed by atoms with van der Waals surface area (Å²) in [6.45, 7) is 0.558. The van der Waals surface area contributed by atoms with Crippen molar-refractivity contribution < 1.29 is 0 Å². The van der Waals surface area contributed by atoms with Gasteiger partial charge in [0.25, 0.3) is 0 Å². The third-order valence-electron chi connectivity index (χ3n) is 1.86. The first-order valence-electron chi connectivity index (χ1n) is 4.10. The number of anilines is 1. The molecule has 68 valence electrons. The molecule has 4 N–H and O–H groups in total. The summed E-state index contributed by atoms with van der Waals surface area (Å²) < 4.78 is 1.72. The van der Waals surface area contributed by atoms with E-state index in [0.29, 0.717) is 18.7 Å². The molecule has 0 fully saturated rings. The smallest absolute Gasteiger partial charge is 0.150 e. The molecule has 0 aliphatic carbocycles. The number of nitrogens with two attached hydrogens (primary N) is 2. The Morgan fingerprint density at radius 3 is 3.08 bits per heavy atom. The van der Waals surface area contributed by atoms with E-state index in [4.69, 9.17) is 11.5 Å². The molecule has 0 aromatic carbocycles. The summed E-state index contributed by atoms with van der Waals surface area (Å²) in [5.74, 6) is 0.741. The summed E-state index contributed by atoms with van der Waals surface area (Å²) in [5, 5.41) is 4.23. The highest BCUT2D eigenvalue weighted by Crippen LogP contribution is 2.11. The van der Waals surface area contributed by atoms with Gasteiger partial charge in [-0.05, 0) is 12.6 Å². The number of aromatic nitrogens is 3. The predicted octanol–water partition coefficient (Wildman–Crippen LogP) is -0.187. The van der Waals surface area contributed by atoms with E-state index in [2.05, 4.69) is 10.1 Å². The Balaban J connectivity index is 2.50. The second-order valence-electron chi connectivity index (χ2n) is 2.81. The van der Waals surface area contributed by atoms with Crippen molar-refractivity contribution in [2.24, 2.45) is 5.73 Å². The zero-order chi connectivity index (χ0) is 9.26. The molecule has 0 saturated carbocycles. The van der Waals surface area contributed by atoms with Crippen molar-refractivity contribution in [3.05, 3.63) is 24.3 Å². The summed E-state index contributed by atoms with van der Waals surface area (Å²) in [5.41, 5.74) is 12.6. The van der Waals surface area contributed by atoms with E-state index in [1.54, 1.807) is 16.8 Å². The van der Waals surface area contributed by atoms with Crippen LogP contribution in [0.15, 0.2) is 18.5 Å². The zero-order valence-corrected chi connectivity index (χ0v) is 7.14. The fourth-order valence-electron chi connectivity index (χ4n) is 1.20. The molecule has 13 heavy (non-hydrogen) atoms. The average Bonchev–Trinajstić information content (AvgIpc) is 2.48. The van der Waals surface area contributed by atoms with Gasteiger partial charge in [-0.3, -0.25) is 0 Å². The largest absolute Gasteiger partial charge is 0.397 e. The van der Waals surface area contributed by atoms with E-state index in [9.17, 15) is 0 Å². The fraction of sp³-hybridized carbons (Fsp3) is 0.250. The second-order valence-corrected chi connectivity index (χ2v) is 2.81. The summed E-state index contributed by atoms with van der Waals surface area (Å²) >= 11 is 0. The average molecular weight is 177 g/mol. The van der Waals surface area contributed by atoms with Crippen LogP contribution in [0.2, 0.25) is 0 Å². The molecule has 2 aromatic rings. The van der Waals surface area contributed by atoms with Crippen LogP contribution in [0.4, 0.5) is 5.69 Å². The maximum Gasteiger partial charge on any atom is 0.150 e. The minimum Gasteiger partial charge on any atom is -0.397 e. The molecule has 2 aromatic heterocycles. The molecule has 0 atom stereocenters. The van der Waals surface area contributed by atoms with Gasteiger partial charge in [-0.2, -0.15) is 5.10 Å². The number of nitrogens with zero attached hydrogens (tertiary/aromatic N) is 3. The van der Waals surface area contributed by atoms with Crippen LogP contribution in [-0.2, 0) is 6.42 Å². The predicted molar refractivity (Wildman–Crippen MR) is 50.2 cm³/mol. The summed E-state index contributed by atoms with van der Waals surface area (Å²) in [4.78, 5) is 4.14. The van der Waals surface area contributed by atoms with Gasteiger partial charge in [0.05, 0.1) is 11.9 Å². The van der Waals surface area contributed by atoms with E-state index in [0.717, 1.165) is 11.3 Å². The van der Waals surface area contributed by atoms with Gasteiger partial charge in [0.15, 0.2) is 0 Å². The molecule has 0 bridgehead atoms. The Hall–Kier alpha value is -1.62. The molecule has 0 unspecified atom stereocenters.